The lowest BCUT2D eigenvalue weighted by Crippen LogP contribution is -2.50. The second-order valence-corrected chi connectivity index (χ2v) is 7.89. The van der Waals surface area contributed by atoms with E-state index in [1.807, 2.05) is 42.5 Å². The van der Waals surface area contributed by atoms with E-state index in [4.69, 9.17) is 9.26 Å². The summed E-state index contributed by atoms with van der Waals surface area (Å²) in [5.41, 5.74) is 0. The molecule has 8 heteroatoms. The third kappa shape index (κ3) is 5.81. The second-order valence-electron chi connectivity index (χ2n) is 7.89. The first kappa shape index (κ1) is 21.3. The Balaban J connectivity index is 1.18. The number of benzene rings is 2. The van der Waals surface area contributed by atoms with Crippen molar-refractivity contribution < 1.29 is 19.2 Å². The SMILES string of the molecule is Cc1cc(NC(=O)CN2CCN(CC(O)COc3cccc4ccccc34)CC2)no1. The van der Waals surface area contributed by atoms with E-state index in [9.17, 15) is 9.90 Å². The van der Waals surface area contributed by atoms with Crippen molar-refractivity contribution in [3.63, 3.8) is 0 Å². The number of rotatable bonds is 8. The maximum Gasteiger partial charge on any atom is 0.239 e. The number of nitrogens with zero attached hydrogens (tertiary/aromatic N) is 3. The number of carbonyl (C=O) groups is 1. The number of hydrogen-bond acceptors (Lipinski definition) is 7. The fourth-order valence-corrected chi connectivity index (χ4v) is 3.80. The molecule has 31 heavy (non-hydrogen) atoms. The predicted molar refractivity (Wildman–Crippen MR) is 118 cm³/mol. The third-order valence-corrected chi connectivity index (χ3v) is 5.38. The first-order valence-electron chi connectivity index (χ1n) is 10.5. The lowest BCUT2D eigenvalue weighted by Gasteiger charge is -2.35. The van der Waals surface area contributed by atoms with Gasteiger partial charge in [0, 0.05) is 44.2 Å². The number of hydrogen-bond donors (Lipinski definition) is 2. The Morgan fingerprint density at radius 3 is 2.68 bits per heavy atom. The number of piperazine rings is 1. The van der Waals surface area contributed by atoms with Crippen LogP contribution in [0, 0.1) is 6.92 Å². The van der Waals surface area contributed by atoms with Crippen LogP contribution < -0.4 is 10.1 Å². The van der Waals surface area contributed by atoms with E-state index in [1.54, 1.807) is 13.0 Å². The van der Waals surface area contributed by atoms with Gasteiger partial charge in [-0.15, -0.1) is 0 Å². The normalized spacial score (nSPS) is 16.3. The van der Waals surface area contributed by atoms with E-state index in [-0.39, 0.29) is 12.5 Å². The van der Waals surface area contributed by atoms with E-state index in [0.717, 1.165) is 42.7 Å². The Kier molecular flexibility index (Phi) is 6.81. The Morgan fingerprint density at radius 2 is 1.90 bits per heavy atom. The van der Waals surface area contributed by atoms with Gasteiger partial charge < -0.3 is 19.7 Å². The topological polar surface area (TPSA) is 91.1 Å². The monoisotopic (exact) mass is 424 g/mol. The third-order valence-electron chi connectivity index (χ3n) is 5.38. The molecule has 1 saturated heterocycles. The molecule has 1 aromatic heterocycles. The van der Waals surface area contributed by atoms with Crippen LogP contribution in [0.5, 0.6) is 5.75 Å². The van der Waals surface area contributed by atoms with Gasteiger partial charge in [0.2, 0.25) is 5.91 Å². The van der Waals surface area contributed by atoms with Gasteiger partial charge in [0.25, 0.3) is 0 Å². The highest BCUT2D eigenvalue weighted by Crippen LogP contribution is 2.25. The maximum absolute atomic E-state index is 12.2. The summed E-state index contributed by atoms with van der Waals surface area (Å²) in [6.45, 7) is 6.00. The number of ether oxygens (including phenoxy) is 1. The number of β-amino-alcohol motifs (C(OH)–C–C–N with tert-alkyl or cyclic N) is 1. The minimum absolute atomic E-state index is 0.106. The first-order valence-corrected chi connectivity index (χ1v) is 10.5. The molecule has 1 aliphatic rings. The molecule has 0 spiro atoms. The van der Waals surface area contributed by atoms with E-state index < -0.39 is 6.10 Å². The minimum atomic E-state index is -0.579. The lowest BCUT2D eigenvalue weighted by molar-refractivity contribution is -0.117. The number of aliphatic hydroxyl groups excluding tert-OH is 1. The Bertz CT molecular complexity index is 1010. The van der Waals surface area contributed by atoms with E-state index in [2.05, 4.69) is 20.3 Å². The molecule has 1 fully saturated rings. The molecule has 1 amide bonds. The van der Waals surface area contributed by atoms with Crippen molar-refractivity contribution in [1.82, 2.24) is 15.0 Å². The quantitative estimate of drug-likeness (QED) is 0.572. The number of fused-ring (bicyclic) bond motifs is 1. The molecule has 1 aliphatic heterocycles. The summed E-state index contributed by atoms with van der Waals surface area (Å²) in [5, 5.41) is 19.1. The van der Waals surface area contributed by atoms with E-state index in [1.165, 1.54) is 0 Å². The van der Waals surface area contributed by atoms with Crippen LogP contribution in [0.25, 0.3) is 10.8 Å². The Morgan fingerprint density at radius 1 is 1.16 bits per heavy atom. The van der Waals surface area contributed by atoms with Gasteiger partial charge in [0.05, 0.1) is 6.54 Å². The summed E-state index contributed by atoms with van der Waals surface area (Å²) in [6, 6.07) is 15.7. The van der Waals surface area contributed by atoms with E-state index >= 15 is 0 Å². The Hall–Kier alpha value is -2.94. The standard InChI is InChI=1S/C23H28N4O4/c1-17-13-22(25-31-17)24-23(29)15-27-11-9-26(10-12-27)14-19(28)16-30-21-8-4-6-18-5-2-3-7-20(18)21/h2-8,13,19,28H,9-12,14-16H2,1H3,(H,24,25,29). The molecule has 2 heterocycles. The van der Waals surface area contributed by atoms with Crippen LogP contribution in [0.15, 0.2) is 53.1 Å². The van der Waals surface area contributed by atoms with Gasteiger partial charge in [0.1, 0.15) is 24.2 Å². The van der Waals surface area contributed by atoms with Crippen molar-refractivity contribution in [3.05, 3.63) is 54.3 Å². The zero-order valence-electron chi connectivity index (χ0n) is 17.7. The smallest absolute Gasteiger partial charge is 0.239 e. The number of carbonyl (C=O) groups excluding carboxylic acids is 1. The van der Waals surface area contributed by atoms with Crippen LogP contribution in [0.3, 0.4) is 0 Å². The average molecular weight is 425 g/mol. The predicted octanol–water partition coefficient (Wildman–Crippen LogP) is 2.13. The Labute approximate surface area is 181 Å². The van der Waals surface area contributed by atoms with Crippen LogP contribution in [0.2, 0.25) is 0 Å². The van der Waals surface area contributed by atoms with Crippen molar-refractivity contribution >= 4 is 22.5 Å². The van der Waals surface area contributed by atoms with Crippen LogP contribution in [-0.4, -0.2) is 77.9 Å². The summed E-state index contributed by atoms with van der Waals surface area (Å²) in [7, 11) is 0. The van der Waals surface area contributed by atoms with Crippen molar-refractivity contribution in [1.29, 1.82) is 0 Å². The van der Waals surface area contributed by atoms with Gasteiger partial charge in [-0.25, -0.2) is 0 Å². The van der Waals surface area contributed by atoms with Gasteiger partial charge in [-0.1, -0.05) is 41.6 Å². The molecule has 1 unspecified atom stereocenters. The fraction of sp³-hybridized carbons (Fsp3) is 0.391. The molecule has 0 aliphatic carbocycles. The lowest BCUT2D eigenvalue weighted by atomic mass is 10.1. The second kappa shape index (κ2) is 9.91. The number of aromatic nitrogens is 1. The first-order chi connectivity index (χ1) is 15.1. The van der Waals surface area contributed by atoms with E-state index in [0.29, 0.717) is 24.7 Å². The molecule has 0 saturated carbocycles. The summed E-state index contributed by atoms with van der Waals surface area (Å²) < 4.78 is 10.9. The van der Waals surface area contributed by atoms with Crippen molar-refractivity contribution in [2.24, 2.45) is 0 Å². The molecule has 1 atom stereocenters. The largest absolute Gasteiger partial charge is 0.490 e. The van der Waals surface area contributed by atoms with Gasteiger partial charge in [0.15, 0.2) is 5.82 Å². The molecule has 4 rings (SSSR count). The van der Waals surface area contributed by atoms with Crippen molar-refractivity contribution in [2.75, 3.05) is 51.2 Å². The molecular formula is C23H28N4O4. The number of aliphatic hydroxyl groups is 1. The van der Waals surface area contributed by atoms with Crippen molar-refractivity contribution in [3.8, 4) is 5.75 Å². The molecule has 3 aromatic rings. The molecule has 0 radical (unpaired) electrons. The molecule has 8 nitrogen and oxygen atoms in total. The highest BCUT2D eigenvalue weighted by molar-refractivity contribution is 5.91. The zero-order chi connectivity index (χ0) is 21.6. The van der Waals surface area contributed by atoms with Crippen LogP contribution >= 0.6 is 0 Å². The molecule has 164 valence electrons. The summed E-state index contributed by atoms with van der Waals surface area (Å²) in [4.78, 5) is 16.5. The van der Waals surface area contributed by atoms with Crippen LogP contribution in [0.1, 0.15) is 5.76 Å². The van der Waals surface area contributed by atoms with Gasteiger partial charge in [-0.3, -0.25) is 14.6 Å². The number of anilines is 1. The maximum atomic E-state index is 12.2. The van der Waals surface area contributed by atoms with Gasteiger partial charge in [-0.2, -0.15) is 0 Å². The summed E-state index contributed by atoms with van der Waals surface area (Å²) in [6.07, 6.45) is -0.579. The molecular weight excluding hydrogens is 396 g/mol. The molecule has 2 aromatic carbocycles. The summed E-state index contributed by atoms with van der Waals surface area (Å²) in [5.74, 6) is 1.78. The van der Waals surface area contributed by atoms with Gasteiger partial charge >= 0.3 is 0 Å². The number of amides is 1. The number of aryl methyl sites for hydroxylation is 1. The van der Waals surface area contributed by atoms with Crippen LogP contribution in [-0.2, 0) is 4.79 Å². The highest BCUT2D eigenvalue weighted by Gasteiger charge is 2.21. The molecule has 2 N–H and O–H groups in total. The fourth-order valence-electron chi connectivity index (χ4n) is 3.80. The van der Waals surface area contributed by atoms with Crippen molar-refractivity contribution in [2.45, 2.75) is 13.0 Å². The number of nitrogens with one attached hydrogen (secondary N) is 1. The van der Waals surface area contributed by atoms with Crippen LogP contribution in [0.4, 0.5) is 5.82 Å². The highest BCUT2D eigenvalue weighted by atomic mass is 16.5. The average Bonchev–Trinajstić information content (AvgIpc) is 3.18. The van der Waals surface area contributed by atoms with Gasteiger partial charge in [-0.05, 0) is 18.4 Å². The summed E-state index contributed by atoms with van der Waals surface area (Å²) >= 11 is 0. The minimum Gasteiger partial charge on any atom is -0.490 e. The zero-order valence-corrected chi connectivity index (χ0v) is 17.7. The molecule has 0 bridgehead atoms.